The van der Waals surface area contributed by atoms with Crippen LogP contribution in [0.3, 0.4) is 0 Å². The average Bonchev–Trinajstić information content (AvgIpc) is 3.06. The Labute approximate surface area is 169 Å². The van der Waals surface area contributed by atoms with E-state index in [0.29, 0.717) is 42.1 Å². The van der Waals surface area contributed by atoms with Crippen LogP contribution in [-0.4, -0.2) is 59.5 Å². The second-order valence-electron chi connectivity index (χ2n) is 6.05. The number of halogens is 1. The second kappa shape index (κ2) is 7.59. The number of hydrogen-bond donors (Lipinski definition) is 1. The van der Waals surface area contributed by atoms with E-state index < -0.39 is 15.9 Å². The molecule has 1 amide bonds. The summed E-state index contributed by atoms with van der Waals surface area (Å²) in [7, 11) is -3.57. The highest BCUT2D eigenvalue weighted by Crippen LogP contribution is 2.23. The van der Waals surface area contributed by atoms with Gasteiger partial charge in [0.25, 0.3) is 5.91 Å². The molecule has 9 nitrogen and oxygen atoms in total. The fraction of sp³-hybridized carbons (Fsp3) is 0.235. The number of benzene rings is 1. The molecular weight excluding hydrogens is 450 g/mol. The van der Waals surface area contributed by atoms with Crippen LogP contribution in [0.25, 0.3) is 5.65 Å². The van der Waals surface area contributed by atoms with Crippen LogP contribution in [-0.2, 0) is 14.8 Å². The minimum absolute atomic E-state index is 0.172. The molecule has 1 aromatic carbocycles. The van der Waals surface area contributed by atoms with Crippen LogP contribution < -0.4 is 5.32 Å². The van der Waals surface area contributed by atoms with Gasteiger partial charge < -0.3 is 10.1 Å². The fourth-order valence-corrected chi connectivity index (χ4v) is 4.79. The standard InChI is InChI=1S/C17H16BrN5O4S/c18-14-15(21-23-7-1-6-19-16(14)23)17(24)20-12-2-4-13(5-3-12)28(25,26)22-8-10-27-11-9-22/h1-7H,8-11H2,(H,20,24). The van der Waals surface area contributed by atoms with Gasteiger partial charge in [0.05, 0.1) is 22.6 Å². The number of hydrogen-bond acceptors (Lipinski definition) is 6. The van der Waals surface area contributed by atoms with E-state index in [1.54, 1.807) is 30.6 Å². The Morgan fingerprint density at radius 2 is 1.89 bits per heavy atom. The maximum Gasteiger partial charge on any atom is 0.277 e. The van der Waals surface area contributed by atoms with E-state index in [1.165, 1.54) is 21.0 Å². The molecule has 1 aliphatic heterocycles. The number of ether oxygens (including phenoxy) is 1. The van der Waals surface area contributed by atoms with Gasteiger partial charge in [-0.15, -0.1) is 0 Å². The van der Waals surface area contributed by atoms with Crippen LogP contribution in [0.4, 0.5) is 5.69 Å². The zero-order chi connectivity index (χ0) is 19.7. The van der Waals surface area contributed by atoms with E-state index in [-0.39, 0.29) is 10.6 Å². The zero-order valence-corrected chi connectivity index (χ0v) is 17.0. The van der Waals surface area contributed by atoms with E-state index in [4.69, 9.17) is 4.74 Å². The van der Waals surface area contributed by atoms with Gasteiger partial charge in [-0.05, 0) is 46.3 Å². The molecule has 146 valence electrons. The lowest BCUT2D eigenvalue weighted by Gasteiger charge is -2.26. The quantitative estimate of drug-likeness (QED) is 0.629. The summed E-state index contributed by atoms with van der Waals surface area (Å²) in [5.74, 6) is -0.429. The monoisotopic (exact) mass is 465 g/mol. The van der Waals surface area contributed by atoms with E-state index >= 15 is 0 Å². The van der Waals surface area contributed by atoms with Crippen LogP contribution in [0.1, 0.15) is 10.5 Å². The van der Waals surface area contributed by atoms with Crippen LogP contribution in [0.15, 0.2) is 52.1 Å². The Hall–Kier alpha value is -2.34. The molecule has 0 spiro atoms. The van der Waals surface area contributed by atoms with Gasteiger partial charge in [-0.2, -0.15) is 9.40 Å². The number of carbonyl (C=O) groups excluding carboxylic acids is 1. The molecule has 4 rings (SSSR count). The van der Waals surface area contributed by atoms with Crippen LogP contribution in [0, 0.1) is 0 Å². The molecule has 0 atom stereocenters. The minimum atomic E-state index is -3.57. The molecule has 1 saturated heterocycles. The van der Waals surface area contributed by atoms with Gasteiger partial charge in [0.15, 0.2) is 11.3 Å². The van der Waals surface area contributed by atoms with Crippen molar-refractivity contribution < 1.29 is 17.9 Å². The minimum Gasteiger partial charge on any atom is -0.379 e. The molecule has 0 radical (unpaired) electrons. The molecule has 0 saturated carbocycles. The molecule has 3 heterocycles. The van der Waals surface area contributed by atoms with Crippen molar-refractivity contribution >= 4 is 43.2 Å². The fourth-order valence-electron chi connectivity index (χ4n) is 2.84. The van der Waals surface area contributed by atoms with Gasteiger partial charge in [-0.1, -0.05) is 0 Å². The SMILES string of the molecule is O=C(Nc1ccc(S(=O)(=O)N2CCOCC2)cc1)c1nn2cccnc2c1Br. The number of nitrogens with zero attached hydrogens (tertiary/aromatic N) is 4. The molecule has 3 aromatic rings. The Morgan fingerprint density at radius 1 is 1.18 bits per heavy atom. The Balaban J connectivity index is 1.52. The highest BCUT2D eigenvalue weighted by Gasteiger charge is 2.26. The van der Waals surface area contributed by atoms with Crippen molar-refractivity contribution in [2.75, 3.05) is 31.6 Å². The van der Waals surface area contributed by atoms with Crippen LogP contribution >= 0.6 is 15.9 Å². The molecule has 11 heteroatoms. The number of rotatable bonds is 4. The Bertz CT molecular complexity index is 1120. The van der Waals surface area contributed by atoms with E-state index in [9.17, 15) is 13.2 Å². The summed E-state index contributed by atoms with van der Waals surface area (Å²) in [6.45, 7) is 1.43. The predicted molar refractivity (Wildman–Crippen MR) is 105 cm³/mol. The summed E-state index contributed by atoms with van der Waals surface area (Å²) in [5, 5.41) is 6.92. The third-order valence-electron chi connectivity index (χ3n) is 4.27. The smallest absolute Gasteiger partial charge is 0.277 e. The molecule has 0 aliphatic carbocycles. The highest BCUT2D eigenvalue weighted by atomic mass is 79.9. The summed E-state index contributed by atoms with van der Waals surface area (Å²) in [6.07, 6.45) is 3.30. The largest absolute Gasteiger partial charge is 0.379 e. The first-order valence-corrected chi connectivity index (χ1v) is 10.7. The lowest BCUT2D eigenvalue weighted by molar-refractivity contribution is 0.0730. The molecule has 2 aromatic heterocycles. The maximum atomic E-state index is 12.6. The predicted octanol–water partition coefficient (Wildman–Crippen LogP) is 1.76. The third-order valence-corrected chi connectivity index (χ3v) is 6.92. The Kier molecular flexibility index (Phi) is 5.15. The molecule has 1 fully saturated rings. The number of amides is 1. The Morgan fingerprint density at radius 3 is 2.57 bits per heavy atom. The van der Waals surface area contributed by atoms with Crippen molar-refractivity contribution in [3.8, 4) is 0 Å². The number of morpholine rings is 1. The summed E-state index contributed by atoms with van der Waals surface area (Å²) in [6, 6.07) is 7.75. The van der Waals surface area contributed by atoms with Gasteiger partial charge in [0.2, 0.25) is 10.0 Å². The van der Waals surface area contributed by atoms with Crippen molar-refractivity contribution in [1.82, 2.24) is 18.9 Å². The summed E-state index contributed by atoms with van der Waals surface area (Å²) in [4.78, 5) is 16.9. The van der Waals surface area contributed by atoms with Crippen molar-refractivity contribution in [2.24, 2.45) is 0 Å². The molecule has 0 bridgehead atoms. The van der Waals surface area contributed by atoms with Crippen molar-refractivity contribution in [1.29, 1.82) is 0 Å². The van der Waals surface area contributed by atoms with Crippen LogP contribution in [0.5, 0.6) is 0 Å². The molecule has 28 heavy (non-hydrogen) atoms. The first-order valence-electron chi connectivity index (χ1n) is 8.45. The van der Waals surface area contributed by atoms with Crippen molar-refractivity contribution in [3.05, 3.63) is 52.9 Å². The van der Waals surface area contributed by atoms with Crippen LogP contribution in [0.2, 0.25) is 0 Å². The molecule has 0 unspecified atom stereocenters. The number of sulfonamides is 1. The van der Waals surface area contributed by atoms with Gasteiger partial charge in [0.1, 0.15) is 0 Å². The number of fused-ring (bicyclic) bond motifs is 1. The van der Waals surface area contributed by atoms with Gasteiger partial charge in [-0.3, -0.25) is 4.79 Å². The third kappa shape index (κ3) is 3.53. The molecule has 1 N–H and O–H groups in total. The lowest BCUT2D eigenvalue weighted by Crippen LogP contribution is -2.40. The lowest BCUT2D eigenvalue weighted by atomic mass is 10.3. The highest BCUT2D eigenvalue weighted by molar-refractivity contribution is 9.10. The van der Waals surface area contributed by atoms with E-state index in [2.05, 4.69) is 31.3 Å². The summed E-state index contributed by atoms with van der Waals surface area (Å²) in [5.41, 5.74) is 1.17. The van der Waals surface area contributed by atoms with E-state index in [0.717, 1.165) is 0 Å². The number of carbonyl (C=O) groups is 1. The average molecular weight is 466 g/mol. The molecular formula is C17H16BrN5O4S. The topological polar surface area (TPSA) is 106 Å². The maximum absolute atomic E-state index is 12.6. The van der Waals surface area contributed by atoms with Gasteiger partial charge >= 0.3 is 0 Å². The number of aromatic nitrogens is 3. The zero-order valence-electron chi connectivity index (χ0n) is 14.6. The normalized spacial score (nSPS) is 15.6. The van der Waals surface area contributed by atoms with Gasteiger partial charge in [0, 0.05) is 31.2 Å². The summed E-state index contributed by atoms with van der Waals surface area (Å²) >= 11 is 3.35. The number of nitrogens with one attached hydrogen (secondary N) is 1. The second-order valence-corrected chi connectivity index (χ2v) is 8.78. The van der Waals surface area contributed by atoms with Gasteiger partial charge in [-0.25, -0.2) is 17.9 Å². The molecule has 1 aliphatic rings. The summed E-state index contributed by atoms with van der Waals surface area (Å²) < 4.78 is 33.9. The van der Waals surface area contributed by atoms with Crippen molar-refractivity contribution in [2.45, 2.75) is 4.90 Å². The van der Waals surface area contributed by atoms with E-state index in [1.807, 2.05) is 0 Å². The number of anilines is 1. The first-order chi connectivity index (χ1) is 13.5. The van der Waals surface area contributed by atoms with Crippen molar-refractivity contribution in [3.63, 3.8) is 0 Å². The first kappa shape index (κ1) is 19.0.